The third kappa shape index (κ3) is 3.90. The van der Waals surface area contributed by atoms with Crippen LogP contribution in [0.25, 0.3) is 0 Å². The Kier molecular flexibility index (Phi) is 6.99. The van der Waals surface area contributed by atoms with Gasteiger partial charge in [0, 0.05) is 16.7 Å². The van der Waals surface area contributed by atoms with Gasteiger partial charge in [0.25, 0.3) is 0 Å². The zero-order valence-corrected chi connectivity index (χ0v) is 23.5. The van der Waals surface area contributed by atoms with E-state index in [-0.39, 0.29) is 44.7 Å². The third-order valence-electron chi connectivity index (χ3n) is 9.89. The monoisotopic (exact) mass is 568 g/mol. The molecule has 9 nitrogen and oxygen atoms in total. The van der Waals surface area contributed by atoms with Crippen LogP contribution in [0.1, 0.15) is 60.3 Å². The van der Waals surface area contributed by atoms with Crippen LogP contribution in [0.3, 0.4) is 0 Å². The molecule has 0 bridgehead atoms. The normalized spacial score (nSPS) is 44.5. The molecule has 1 aliphatic heterocycles. The van der Waals surface area contributed by atoms with E-state index in [0.29, 0.717) is 6.42 Å². The van der Waals surface area contributed by atoms with Crippen molar-refractivity contribution in [1.29, 1.82) is 0 Å². The molecular formula is C29H38F2O9. The van der Waals surface area contributed by atoms with Gasteiger partial charge in [-0.05, 0) is 70.1 Å². The second kappa shape index (κ2) is 9.59. The van der Waals surface area contributed by atoms with Crippen molar-refractivity contribution in [3.63, 3.8) is 0 Å². The van der Waals surface area contributed by atoms with Crippen molar-refractivity contribution in [2.75, 3.05) is 19.8 Å². The Morgan fingerprint density at radius 2 is 1.75 bits per heavy atom. The number of rotatable bonds is 6. The van der Waals surface area contributed by atoms with Gasteiger partial charge in [0.2, 0.25) is 0 Å². The van der Waals surface area contributed by atoms with Crippen LogP contribution in [0.15, 0.2) is 23.8 Å². The molecule has 5 rings (SSSR count). The van der Waals surface area contributed by atoms with Crippen molar-refractivity contribution in [2.45, 2.75) is 95.7 Å². The lowest BCUT2D eigenvalue weighted by Crippen LogP contribution is -2.71. The van der Waals surface area contributed by atoms with E-state index in [2.05, 4.69) is 0 Å². The maximum absolute atomic E-state index is 17.4. The van der Waals surface area contributed by atoms with E-state index in [4.69, 9.17) is 23.7 Å². The van der Waals surface area contributed by atoms with Gasteiger partial charge in [0.1, 0.15) is 25.5 Å². The highest BCUT2D eigenvalue weighted by Crippen LogP contribution is 2.72. The van der Waals surface area contributed by atoms with Crippen molar-refractivity contribution in [2.24, 2.45) is 22.7 Å². The fraction of sp³-hybridized carbons (Fsp3) is 0.759. The van der Waals surface area contributed by atoms with Crippen molar-refractivity contribution in [3.05, 3.63) is 23.8 Å². The number of carbonyl (C=O) groups excluding carboxylic acids is 3. The molecule has 1 saturated heterocycles. The van der Waals surface area contributed by atoms with Gasteiger partial charge in [-0.15, -0.1) is 0 Å². The summed E-state index contributed by atoms with van der Waals surface area (Å²) in [5, 5.41) is 11.6. The Morgan fingerprint density at radius 3 is 2.45 bits per heavy atom. The first-order valence-corrected chi connectivity index (χ1v) is 14.0. The van der Waals surface area contributed by atoms with Gasteiger partial charge in [-0.25, -0.2) is 18.4 Å². The Balaban J connectivity index is 1.45. The molecule has 0 spiro atoms. The zero-order valence-electron chi connectivity index (χ0n) is 23.5. The number of fused-ring (bicyclic) bond motifs is 7. The minimum atomic E-state index is -2.30. The number of carbonyl (C=O) groups is 3. The Hall–Kier alpha value is -2.37. The molecule has 222 valence electrons. The van der Waals surface area contributed by atoms with Crippen LogP contribution in [-0.2, 0) is 33.3 Å². The third-order valence-corrected chi connectivity index (χ3v) is 9.89. The van der Waals surface area contributed by atoms with E-state index in [9.17, 15) is 19.5 Å². The van der Waals surface area contributed by atoms with Gasteiger partial charge in [0.15, 0.2) is 22.8 Å². The van der Waals surface area contributed by atoms with Gasteiger partial charge < -0.3 is 28.8 Å². The highest BCUT2D eigenvalue weighted by Gasteiger charge is 2.81. The van der Waals surface area contributed by atoms with Crippen LogP contribution >= 0.6 is 0 Å². The van der Waals surface area contributed by atoms with E-state index in [1.165, 1.54) is 19.1 Å². The van der Waals surface area contributed by atoms with Crippen LogP contribution in [-0.4, -0.2) is 78.3 Å². The molecule has 0 radical (unpaired) electrons. The maximum atomic E-state index is 17.4. The highest BCUT2D eigenvalue weighted by molar-refractivity contribution is 6.01. The fourth-order valence-corrected chi connectivity index (χ4v) is 8.25. The Labute approximate surface area is 232 Å². The number of aliphatic hydroxyl groups is 1. The van der Waals surface area contributed by atoms with Crippen LogP contribution in [0.5, 0.6) is 0 Å². The minimum Gasteiger partial charge on any atom is -0.460 e. The van der Waals surface area contributed by atoms with Gasteiger partial charge in [-0.2, -0.15) is 0 Å². The summed E-state index contributed by atoms with van der Waals surface area (Å²) in [4.78, 5) is 37.5. The summed E-state index contributed by atoms with van der Waals surface area (Å²) >= 11 is 0. The van der Waals surface area contributed by atoms with E-state index in [1.54, 1.807) is 20.8 Å². The van der Waals surface area contributed by atoms with Gasteiger partial charge in [-0.3, -0.25) is 4.79 Å². The van der Waals surface area contributed by atoms with Crippen molar-refractivity contribution in [3.8, 4) is 0 Å². The quantitative estimate of drug-likeness (QED) is 0.376. The average Bonchev–Trinajstić information content (AvgIpc) is 3.29. The van der Waals surface area contributed by atoms with E-state index < -0.39 is 76.0 Å². The summed E-state index contributed by atoms with van der Waals surface area (Å²) in [5.74, 6) is -4.00. The number of ketones is 1. The number of alkyl halides is 2. The minimum absolute atomic E-state index is 0.0276. The van der Waals surface area contributed by atoms with Crippen LogP contribution in [0.4, 0.5) is 13.6 Å². The second-order valence-corrected chi connectivity index (χ2v) is 12.5. The average molecular weight is 569 g/mol. The smallest absolute Gasteiger partial charge is 0.460 e. The molecule has 0 unspecified atom stereocenters. The first-order chi connectivity index (χ1) is 18.7. The molecule has 9 atom stereocenters. The summed E-state index contributed by atoms with van der Waals surface area (Å²) < 4.78 is 61.0. The Morgan fingerprint density at radius 1 is 1.07 bits per heavy atom. The molecule has 4 fully saturated rings. The molecule has 0 amide bonds. The zero-order chi connectivity index (χ0) is 29.3. The molecule has 0 aromatic carbocycles. The summed E-state index contributed by atoms with van der Waals surface area (Å²) in [6.45, 7) is 8.08. The van der Waals surface area contributed by atoms with Crippen LogP contribution in [0, 0.1) is 22.7 Å². The number of halogens is 2. The molecule has 4 aliphatic carbocycles. The summed E-state index contributed by atoms with van der Waals surface area (Å²) in [6.07, 6.45) is -0.836. The highest BCUT2D eigenvalue weighted by atomic mass is 19.1. The van der Waals surface area contributed by atoms with Gasteiger partial charge in [-0.1, -0.05) is 19.9 Å². The van der Waals surface area contributed by atoms with Crippen molar-refractivity contribution in [1.82, 2.24) is 0 Å². The number of hydrogen-bond acceptors (Lipinski definition) is 9. The maximum Gasteiger partial charge on any atom is 0.508 e. The molecular weight excluding hydrogens is 530 g/mol. The number of esters is 1. The SMILES string of the molecule is CCCOC(=O)OCCOC(=O)[C@@]12OC(C)(C)O[C@@H]1C[C@H]1[C@@H]3C[C@H](F)C4=CC(=O)C=C[C@]4(C)[C@@]3(F)[C@@H](O)C[C@@]12C. The van der Waals surface area contributed by atoms with E-state index in [0.717, 1.165) is 6.08 Å². The number of aliphatic hydroxyl groups excluding tert-OH is 1. The van der Waals surface area contributed by atoms with E-state index >= 15 is 8.78 Å². The van der Waals surface area contributed by atoms with Crippen LogP contribution < -0.4 is 0 Å². The molecule has 1 N–H and O–H groups in total. The van der Waals surface area contributed by atoms with Gasteiger partial charge >= 0.3 is 12.1 Å². The largest absolute Gasteiger partial charge is 0.508 e. The van der Waals surface area contributed by atoms with Gasteiger partial charge in [0.05, 0.1) is 12.7 Å². The number of hydrogen-bond donors (Lipinski definition) is 1. The topological polar surface area (TPSA) is 118 Å². The first-order valence-electron chi connectivity index (χ1n) is 14.0. The standard InChI is InChI=1S/C29H38F2O9/c1-6-9-37-24(35)38-11-10-36-23(34)29-22(39-25(2,3)40-29)14-17-18-13-20(30)19-12-16(32)7-8-26(19,4)28(18,31)21(33)15-27(17,29)5/h7-8,12,17-18,20-22,33H,6,9-11,13-15H2,1-5H3/t17-,18-,20-,21-,22+,26-,27-,28-,29-/m0/s1. The lowest BCUT2D eigenvalue weighted by molar-refractivity contribution is -0.255. The molecule has 40 heavy (non-hydrogen) atoms. The molecule has 0 aromatic rings. The lowest BCUT2D eigenvalue weighted by Gasteiger charge is -2.63. The predicted octanol–water partition coefficient (Wildman–Crippen LogP) is 3.91. The second-order valence-electron chi connectivity index (χ2n) is 12.5. The molecule has 0 aromatic heterocycles. The molecule has 11 heteroatoms. The molecule has 1 heterocycles. The summed E-state index contributed by atoms with van der Waals surface area (Å²) in [7, 11) is 0. The summed E-state index contributed by atoms with van der Waals surface area (Å²) in [6, 6.07) is 0. The predicted molar refractivity (Wildman–Crippen MR) is 135 cm³/mol. The summed E-state index contributed by atoms with van der Waals surface area (Å²) in [5.41, 5.74) is -6.71. The van der Waals surface area contributed by atoms with E-state index in [1.807, 2.05) is 6.92 Å². The lowest BCUT2D eigenvalue weighted by atomic mass is 9.44. The van der Waals surface area contributed by atoms with Crippen LogP contribution in [0.2, 0.25) is 0 Å². The molecule has 5 aliphatic rings. The number of allylic oxidation sites excluding steroid dienone is 4. The first kappa shape index (κ1) is 29.1. The van der Waals surface area contributed by atoms with Crippen molar-refractivity contribution < 1.29 is 52.0 Å². The molecule has 3 saturated carbocycles. The Bertz CT molecular complexity index is 1150. The fourth-order valence-electron chi connectivity index (χ4n) is 8.25. The van der Waals surface area contributed by atoms with Crippen molar-refractivity contribution >= 4 is 17.9 Å². The number of ether oxygens (including phenoxy) is 5.